The van der Waals surface area contributed by atoms with Crippen molar-refractivity contribution in [2.24, 2.45) is 11.7 Å². The maximum atomic E-state index is 11.8. The lowest BCUT2D eigenvalue weighted by molar-refractivity contribution is -0.122. The SMILES string of the molecule is CC(CN)CCC(=O)N[C@@H](C)c1ccccc1Br. The van der Waals surface area contributed by atoms with Crippen LogP contribution in [-0.4, -0.2) is 12.5 Å². The molecule has 100 valence electrons. The number of nitrogens with two attached hydrogens (primary N) is 1. The minimum Gasteiger partial charge on any atom is -0.350 e. The zero-order chi connectivity index (χ0) is 13.5. The molecule has 0 aliphatic rings. The molecule has 0 spiro atoms. The molecule has 0 bridgehead atoms. The van der Waals surface area contributed by atoms with E-state index in [2.05, 4.69) is 28.2 Å². The molecule has 4 heteroatoms. The van der Waals surface area contributed by atoms with E-state index in [9.17, 15) is 4.79 Å². The molecular formula is C14H21BrN2O. The lowest BCUT2D eigenvalue weighted by atomic mass is 10.0. The van der Waals surface area contributed by atoms with E-state index in [1.54, 1.807) is 0 Å². The third-order valence-corrected chi connectivity index (χ3v) is 3.74. The first-order valence-corrected chi connectivity index (χ1v) is 7.07. The Kier molecular flexibility index (Phi) is 6.36. The van der Waals surface area contributed by atoms with Gasteiger partial charge in [0.25, 0.3) is 0 Å². The van der Waals surface area contributed by atoms with E-state index in [0.717, 1.165) is 16.5 Å². The maximum absolute atomic E-state index is 11.8. The van der Waals surface area contributed by atoms with Crippen LogP contribution in [0.2, 0.25) is 0 Å². The van der Waals surface area contributed by atoms with Crippen LogP contribution in [0.3, 0.4) is 0 Å². The smallest absolute Gasteiger partial charge is 0.220 e. The molecule has 3 nitrogen and oxygen atoms in total. The molecule has 0 saturated carbocycles. The van der Waals surface area contributed by atoms with Crippen molar-refractivity contribution in [1.82, 2.24) is 5.32 Å². The number of nitrogens with one attached hydrogen (secondary N) is 1. The molecule has 18 heavy (non-hydrogen) atoms. The molecule has 0 aromatic heterocycles. The fraction of sp³-hybridized carbons (Fsp3) is 0.500. The molecule has 1 unspecified atom stereocenters. The van der Waals surface area contributed by atoms with Gasteiger partial charge in [-0.2, -0.15) is 0 Å². The van der Waals surface area contributed by atoms with Crippen molar-refractivity contribution in [3.63, 3.8) is 0 Å². The number of benzene rings is 1. The molecule has 1 rings (SSSR count). The van der Waals surface area contributed by atoms with E-state index in [1.807, 2.05) is 31.2 Å². The Labute approximate surface area is 117 Å². The van der Waals surface area contributed by atoms with Crippen molar-refractivity contribution >= 4 is 21.8 Å². The first-order valence-electron chi connectivity index (χ1n) is 6.28. The summed E-state index contributed by atoms with van der Waals surface area (Å²) in [6.45, 7) is 4.68. The first-order chi connectivity index (χ1) is 8.54. The molecule has 0 saturated heterocycles. The minimum absolute atomic E-state index is 0.0151. The topological polar surface area (TPSA) is 55.1 Å². The number of carbonyl (C=O) groups is 1. The zero-order valence-electron chi connectivity index (χ0n) is 10.9. The Morgan fingerprint density at radius 3 is 2.67 bits per heavy atom. The average Bonchev–Trinajstić information content (AvgIpc) is 2.36. The molecule has 1 aromatic carbocycles. The minimum atomic E-state index is 0.0151. The summed E-state index contributed by atoms with van der Waals surface area (Å²) in [7, 11) is 0. The molecule has 0 aliphatic carbocycles. The summed E-state index contributed by atoms with van der Waals surface area (Å²) in [6.07, 6.45) is 1.37. The number of carbonyl (C=O) groups excluding carboxylic acids is 1. The Bertz CT molecular complexity index is 395. The van der Waals surface area contributed by atoms with Gasteiger partial charge in [-0.05, 0) is 37.4 Å². The first kappa shape index (κ1) is 15.2. The Morgan fingerprint density at radius 2 is 2.06 bits per heavy atom. The monoisotopic (exact) mass is 312 g/mol. The standard InChI is InChI=1S/C14H21BrN2O/c1-10(9-16)7-8-14(18)17-11(2)12-5-3-4-6-13(12)15/h3-6,10-11H,7-9,16H2,1-2H3,(H,17,18)/t10?,11-/m0/s1. The fourth-order valence-corrected chi connectivity index (χ4v) is 2.34. The molecule has 0 heterocycles. The van der Waals surface area contributed by atoms with Crippen LogP contribution in [0.15, 0.2) is 28.7 Å². The van der Waals surface area contributed by atoms with Gasteiger partial charge in [-0.1, -0.05) is 41.1 Å². The van der Waals surface area contributed by atoms with Crippen molar-refractivity contribution in [3.8, 4) is 0 Å². The van der Waals surface area contributed by atoms with E-state index in [4.69, 9.17) is 5.73 Å². The van der Waals surface area contributed by atoms with Crippen molar-refractivity contribution in [3.05, 3.63) is 34.3 Å². The van der Waals surface area contributed by atoms with Crippen molar-refractivity contribution in [2.75, 3.05) is 6.54 Å². The van der Waals surface area contributed by atoms with Gasteiger partial charge >= 0.3 is 0 Å². The average molecular weight is 313 g/mol. The van der Waals surface area contributed by atoms with Gasteiger partial charge in [-0.25, -0.2) is 0 Å². The quantitative estimate of drug-likeness (QED) is 0.848. The van der Waals surface area contributed by atoms with E-state index in [1.165, 1.54) is 0 Å². The molecule has 1 aromatic rings. The molecule has 1 amide bonds. The van der Waals surface area contributed by atoms with Crippen LogP contribution < -0.4 is 11.1 Å². The fourth-order valence-electron chi connectivity index (χ4n) is 1.71. The van der Waals surface area contributed by atoms with Crippen LogP contribution >= 0.6 is 15.9 Å². The highest BCUT2D eigenvalue weighted by Crippen LogP contribution is 2.22. The molecule has 0 radical (unpaired) electrons. The third-order valence-electron chi connectivity index (χ3n) is 3.02. The zero-order valence-corrected chi connectivity index (χ0v) is 12.5. The van der Waals surface area contributed by atoms with E-state index in [0.29, 0.717) is 18.9 Å². The summed E-state index contributed by atoms with van der Waals surface area (Å²) in [5, 5.41) is 3.01. The molecule has 2 atom stereocenters. The van der Waals surface area contributed by atoms with E-state index in [-0.39, 0.29) is 11.9 Å². The van der Waals surface area contributed by atoms with Gasteiger partial charge in [0.1, 0.15) is 0 Å². The Morgan fingerprint density at radius 1 is 1.39 bits per heavy atom. The van der Waals surface area contributed by atoms with Gasteiger partial charge in [-0.3, -0.25) is 4.79 Å². The molecule has 0 fully saturated rings. The van der Waals surface area contributed by atoms with Gasteiger partial charge in [0.05, 0.1) is 6.04 Å². The highest BCUT2D eigenvalue weighted by Gasteiger charge is 2.12. The third kappa shape index (κ3) is 4.78. The van der Waals surface area contributed by atoms with Gasteiger partial charge in [-0.15, -0.1) is 0 Å². The largest absolute Gasteiger partial charge is 0.350 e. The highest BCUT2D eigenvalue weighted by molar-refractivity contribution is 9.10. The predicted molar refractivity (Wildman–Crippen MR) is 78.2 cm³/mol. The number of rotatable bonds is 6. The molecule has 0 aliphatic heterocycles. The highest BCUT2D eigenvalue weighted by atomic mass is 79.9. The van der Waals surface area contributed by atoms with Crippen molar-refractivity contribution < 1.29 is 4.79 Å². The predicted octanol–water partition coefficient (Wildman–Crippen LogP) is 3.00. The van der Waals surface area contributed by atoms with Crippen LogP contribution in [0.5, 0.6) is 0 Å². The number of halogens is 1. The van der Waals surface area contributed by atoms with Crippen LogP contribution in [-0.2, 0) is 4.79 Å². The summed E-state index contributed by atoms with van der Waals surface area (Å²) in [5.74, 6) is 0.480. The number of amides is 1. The second-order valence-electron chi connectivity index (χ2n) is 4.69. The van der Waals surface area contributed by atoms with Crippen LogP contribution in [0, 0.1) is 5.92 Å². The summed E-state index contributed by atoms with van der Waals surface area (Å²) >= 11 is 3.49. The normalized spacial score (nSPS) is 14.0. The van der Waals surface area contributed by atoms with Gasteiger partial charge in [0.15, 0.2) is 0 Å². The van der Waals surface area contributed by atoms with Crippen LogP contribution in [0.4, 0.5) is 0 Å². The summed E-state index contributed by atoms with van der Waals surface area (Å²) in [5.41, 5.74) is 6.63. The Hall–Kier alpha value is -0.870. The summed E-state index contributed by atoms with van der Waals surface area (Å²) < 4.78 is 1.02. The van der Waals surface area contributed by atoms with E-state index >= 15 is 0 Å². The van der Waals surface area contributed by atoms with Gasteiger partial charge in [0, 0.05) is 10.9 Å². The van der Waals surface area contributed by atoms with E-state index < -0.39 is 0 Å². The summed E-state index contributed by atoms with van der Waals surface area (Å²) in [4.78, 5) is 11.8. The Balaban J connectivity index is 2.47. The van der Waals surface area contributed by atoms with Gasteiger partial charge in [0.2, 0.25) is 5.91 Å². The maximum Gasteiger partial charge on any atom is 0.220 e. The second-order valence-corrected chi connectivity index (χ2v) is 5.54. The lowest BCUT2D eigenvalue weighted by Gasteiger charge is -2.16. The van der Waals surface area contributed by atoms with Crippen molar-refractivity contribution in [2.45, 2.75) is 32.7 Å². The van der Waals surface area contributed by atoms with Crippen molar-refractivity contribution in [1.29, 1.82) is 0 Å². The summed E-state index contributed by atoms with van der Waals surface area (Å²) in [6, 6.07) is 7.94. The second kappa shape index (κ2) is 7.54. The molecular weight excluding hydrogens is 292 g/mol. The molecule has 3 N–H and O–H groups in total. The lowest BCUT2D eigenvalue weighted by Crippen LogP contribution is -2.27. The van der Waals surface area contributed by atoms with Crippen LogP contribution in [0.1, 0.15) is 38.3 Å². The van der Waals surface area contributed by atoms with Gasteiger partial charge < -0.3 is 11.1 Å². The van der Waals surface area contributed by atoms with Crippen LogP contribution in [0.25, 0.3) is 0 Å². The number of hydrogen-bond donors (Lipinski definition) is 2. The number of hydrogen-bond acceptors (Lipinski definition) is 2.